The summed E-state index contributed by atoms with van der Waals surface area (Å²) in [7, 11) is 0. The van der Waals surface area contributed by atoms with Gasteiger partial charge in [0.1, 0.15) is 0 Å². The summed E-state index contributed by atoms with van der Waals surface area (Å²) in [6.07, 6.45) is 3.84. The highest BCUT2D eigenvalue weighted by Crippen LogP contribution is 2.27. The number of benzene rings is 2. The summed E-state index contributed by atoms with van der Waals surface area (Å²) < 4.78 is 0. The third kappa shape index (κ3) is 4.73. The van der Waals surface area contributed by atoms with Gasteiger partial charge in [0.05, 0.1) is 0 Å². The Hall–Kier alpha value is -1.56. The fraction of sp³-hybridized carbons (Fsp3) is 0.455. The molecular weight excluding hydrogens is 264 g/mol. The molecule has 0 fully saturated rings. The molecule has 0 bridgehead atoms. The van der Waals surface area contributed by atoms with Crippen molar-refractivity contribution >= 4 is 0 Å². The average molecular weight is 294 g/mol. The summed E-state index contributed by atoms with van der Waals surface area (Å²) in [6.45, 7) is 9.42. The minimum atomic E-state index is 0.753. The van der Waals surface area contributed by atoms with Crippen LogP contribution in [0.4, 0.5) is 0 Å². The van der Waals surface area contributed by atoms with E-state index < -0.39 is 0 Å². The molecule has 0 amide bonds. The molecule has 2 unspecified atom stereocenters. The highest BCUT2D eigenvalue weighted by molar-refractivity contribution is 5.63. The van der Waals surface area contributed by atoms with Crippen molar-refractivity contribution in [2.75, 3.05) is 0 Å². The van der Waals surface area contributed by atoms with Crippen LogP contribution in [0, 0.1) is 17.8 Å². The summed E-state index contributed by atoms with van der Waals surface area (Å²) in [5.41, 5.74) is 4.09. The van der Waals surface area contributed by atoms with Gasteiger partial charge < -0.3 is 0 Å². The summed E-state index contributed by atoms with van der Waals surface area (Å²) >= 11 is 0. The normalized spacial score (nSPS) is 14.0. The Balaban J connectivity index is 2.06. The first-order chi connectivity index (χ1) is 10.6. The smallest absolute Gasteiger partial charge is 0.0184 e. The van der Waals surface area contributed by atoms with E-state index in [9.17, 15) is 0 Å². The summed E-state index contributed by atoms with van der Waals surface area (Å²) in [5, 5.41) is 0. The largest absolute Gasteiger partial charge is 0.0651 e. The maximum absolute atomic E-state index is 2.38. The number of hydrogen-bond donors (Lipinski definition) is 0. The van der Waals surface area contributed by atoms with Gasteiger partial charge in [-0.1, -0.05) is 88.7 Å². The van der Waals surface area contributed by atoms with Gasteiger partial charge in [0.2, 0.25) is 0 Å². The van der Waals surface area contributed by atoms with Gasteiger partial charge in [-0.2, -0.15) is 0 Å². The van der Waals surface area contributed by atoms with Crippen molar-refractivity contribution in [2.45, 2.75) is 47.0 Å². The zero-order chi connectivity index (χ0) is 15.9. The Morgan fingerprint density at radius 3 is 1.91 bits per heavy atom. The van der Waals surface area contributed by atoms with E-state index in [1.807, 2.05) is 0 Å². The first-order valence-corrected chi connectivity index (χ1v) is 8.74. The predicted molar refractivity (Wildman–Crippen MR) is 98.0 cm³/mol. The van der Waals surface area contributed by atoms with Gasteiger partial charge in [-0.25, -0.2) is 0 Å². The number of rotatable bonds is 7. The van der Waals surface area contributed by atoms with Crippen LogP contribution in [-0.4, -0.2) is 0 Å². The Labute approximate surface area is 136 Å². The van der Waals surface area contributed by atoms with Crippen molar-refractivity contribution < 1.29 is 0 Å². The Morgan fingerprint density at radius 2 is 1.36 bits per heavy atom. The van der Waals surface area contributed by atoms with E-state index >= 15 is 0 Å². The molecule has 0 aliphatic heterocycles. The molecular formula is C22H30. The molecule has 0 saturated carbocycles. The first-order valence-electron chi connectivity index (χ1n) is 8.74. The van der Waals surface area contributed by atoms with E-state index in [1.54, 1.807) is 0 Å². The number of hydrogen-bond acceptors (Lipinski definition) is 0. The van der Waals surface area contributed by atoms with Crippen molar-refractivity contribution in [2.24, 2.45) is 17.8 Å². The maximum atomic E-state index is 2.38. The molecule has 2 rings (SSSR count). The molecule has 0 N–H and O–H groups in total. The Morgan fingerprint density at radius 1 is 0.773 bits per heavy atom. The summed E-state index contributed by atoms with van der Waals surface area (Å²) in [5.74, 6) is 2.37. The van der Waals surface area contributed by atoms with Crippen LogP contribution >= 0.6 is 0 Å². The molecule has 2 atom stereocenters. The Bertz CT molecular complexity index is 536. The van der Waals surface area contributed by atoms with Gasteiger partial charge in [-0.05, 0) is 47.3 Å². The van der Waals surface area contributed by atoms with Gasteiger partial charge >= 0.3 is 0 Å². The average Bonchev–Trinajstić information content (AvgIpc) is 2.55. The molecule has 0 nitrogen and oxygen atoms in total. The molecule has 0 aromatic heterocycles. The van der Waals surface area contributed by atoms with Crippen LogP contribution in [0.1, 0.15) is 46.1 Å². The van der Waals surface area contributed by atoms with E-state index in [0.717, 1.165) is 17.8 Å². The van der Waals surface area contributed by atoms with Crippen molar-refractivity contribution in [3.8, 4) is 11.1 Å². The maximum Gasteiger partial charge on any atom is -0.0184 e. The van der Waals surface area contributed by atoms with Gasteiger partial charge in [0.15, 0.2) is 0 Å². The Kier molecular flexibility index (Phi) is 6.24. The molecule has 118 valence electrons. The lowest BCUT2D eigenvalue weighted by molar-refractivity contribution is 0.301. The van der Waals surface area contributed by atoms with Crippen LogP contribution in [0.5, 0.6) is 0 Å². The van der Waals surface area contributed by atoms with Crippen molar-refractivity contribution in [1.29, 1.82) is 0 Å². The van der Waals surface area contributed by atoms with Gasteiger partial charge in [0.25, 0.3) is 0 Å². The minimum absolute atomic E-state index is 0.753. The topological polar surface area (TPSA) is 0 Å². The monoisotopic (exact) mass is 294 g/mol. The van der Waals surface area contributed by atoms with Crippen LogP contribution in [0.3, 0.4) is 0 Å². The van der Waals surface area contributed by atoms with Crippen LogP contribution in [-0.2, 0) is 6.42 Å². The van der Waals surface area contributed by atoms with Crippen molar-refractivity contribution in [3.63, 3.8) is 0 Å². The van der Waals surface area contributed by atoms with Gasteiger partial charge in [0, 0.05) is 0 Å². The lowest BCUT2D eigenvalue weighted by atomic mass is 9.82. The molecule has 0 heteroatoms. The minimum Gasteiger partial charge on any atom is -0.0651 e. The molecule has 2 aromatic rings. The second-order valence-electron chi connectivity index (χ2n) is 7.02. The molecule has 0 aliphatic carbocycles. The molecule has 22 heavy (non-hydrogen) atoms. The second kappa shape index (κ2) is 8.17. The highest BCUT2D eigenvalue weighted by atomic mass is 14.2. The fourth-order valence-electron chi connectivity index (χ4n) is 3.04. The van der Waals surface area contributed by atoms with E-state index in [2.05, 4.69) is 82.3 Å². The zero-order valence-electron chi connectivity index (χ0n) is 14.5. The molecule has 0 saturated heterocycles. The van der Waals surface area contributed by atoms with Crippen LogP contribution in [0.2, 0.25) is 0 Å². The third-order valence-electron chi connectivity index (χ3n) is 4.90. The SMILES string of the molecule is CCC(C)CC(Cc1ccc(-c2ccccc2)cc1)C(C)C. The lowest BCUT2D eigenvalue weighted by Gasteiger charge is -2.24. The van der Waals surface area contributed by atoms with Crippen molar-refractivity contribution in [3.05, 3.63) is 60.2 Å². The van der Waals surface area contributed by atoms with Gasteiger partial charge in [-0.15, -0.1) is 0 Å². The van der Waals surface area contributed by atoms with E-state index in [1.165, 1.54) is 36.0 Å². The molecule has 0 heterocycles. The molecule has 0 spiro atoms. The van der Waals surface area contributed by atoms with Crippen LogP contribution in [0.15, 0.2) is 54.6 Å². The van der Waals surface area contributed by atoms with Crippen molar-refractivity contribution in [1.82, 2.24) is 0 Å². The predicted octanol–water partition coefficient (Wildman–Crippen LogP) is 6.60. The van der Waals surface area contributed by atoms with E-state index in [4.69, 9.17) is 0 Å². The molecule has 0 aliphatic rings. The van der Waals surface area contributed by atoms with Crippen LogP contribution < -0.4 is 0 Å². The van der Waals surface area contributed by atoms with E-state index in [-0.39, 0.29) is 0 Å². The second-order valence-corrected chi connectivity index (χ2v) is 7.02. The third-order valence-corrected chi connectivity index (χ3v) is 4.90. The zero-order valence-corrected chi connectivity index (χ0v) is 14.5. The molecule has 2 aromatic carbocycles. The van der Waals surface area contributed by atoms with Crippen LogP contribution in [0.25, 0.3) is 11.1 Å². The first kappa shape index (κ1) is 16.8. The highest BCUT2D eigenvalue weighted by Gasteiger charge is 2.16. The summed E-state index contributed by atoms with van der Waals surface area (Å²) in [6, 6.07) is 19.8. The quantitative estimate of drug-likeness (QED) is 0.539. The van der Waals surface area contributed by atoms with E-state index in [0.29, 0.717) is 0 Å². The van der Waals surface area contributed by atoms with Gasteiger partial charge in [-0.3, -0.25) is 0 Å². The molecule has 0 radical (unpaired) electrons. The summed E-state index contributed by atoms with van der Waals surface area (Å²) in [4.78, 5) is 0. The fourth-order valence-corrected chi connectivity index (χ4v) is 3.04. The standard InChI is InChI=1S/C22H30/c1-5-18(4)15-22(17(2)3)16-19-11-13-21(14-12-19)20-9-7-6-8-10-20/h6-14,17-18,22H,5,15-16H2,1-4H3. The lowest BCUT2D eigenvalue weighted by Crippen LogP contribution is -2.15.